The molecule has 3 N–H and O–H groups in total. The smallest absolute Gasteiger partial charge is 0.304 e. The van der Waals surface area contributed by atoms with Gasteiger partial charge in [-0.3, -0.25) is 14.4 Å². The topological polar surface area (TPSA) is 115 Å². The van der Waals surface area contributed by atoms with Crippen LogP contribution >= 0.6 is 0 Å². The summed E-state index contributed by atoms with van der Waals surface area (Å²) in [5, 5.41) is 25.4. The number of carboxylic acid groups (broad SMARTS) is 3. The minimum Gasteiger partial charge on any atom is -0.481 e. The third-order valence-electron chi connectivity index (χ3n) is 1.93. The number of carboxylic acids is 3. The Morgan fingerprint density at radius 2 is 0.938 bits per heavy atom. The summed E-state index contributed by atoms with van der Waals surface area (Å²) in [6.45, 7) is 0.488. The van der Waals surface area contributed by atoms with Crippen molar-refractivity contribution in [1.29, 1.82) is 0 Å². The molecule has 0 aromatic heterocycles. The van der Waals surface area contributed by atoms with Crippen LogP contribution in [0, 0.1) is 0 Å². The number of hydrogen-bond acceptors (Lipinski definition) is 4. The zero-order chi connectivity index (χ0) is 12.6. The first-order valence-corrected chi connectivity index (χ1v) is 4.79. The van der Waals surface area contributed by atoms with E-state index < -0.39 is 17.9 Å². The molecule has 0 rings (SSSR count). The Balaban J connectivity index is 3.98. The Hall–Kier alpha value is -1.63. The molecule has 0 aliphatic carbocycles. The van der Waals surface area contributed by atoms with E-state index in [0.29, 0.717) is 0 Å². The summed E-state index contributed by atoms with van der Waals surface area (Å²) in [7, 11) is 0. The van der Waals surface area contributed by atoms with Gasteiger partial charge in [0.1, 0.15) is 0 Å². The zero-order valence-corrected chi connectivity index (χ0v) is 8.76. The molecule has 0 radical (unpaired) electrons. The van der Waals surface area contributed by atoms with Gasteiger partial charge in [-0.15, -0.1) is 0 Å². The Kier molecular flexibility index (Phi) is 6.86. The quantitative estimate of drug-likeness (QED) is 0.501. The average Bonchev–Trinajstić information content (AvgIpc) is 2.15. The van der Waals surface area contributed by atoms with E-state index in [1.165, 1.54) is 4.90 Å². The highest BCUT2D eigenvalue weighted by molar-refractivity contribution is 5.68. The molecule has 0 spiro atoms. The van der Waals surface area contributed by atoms with E-state index in [2.05, 4.69) is 0 Å². The Bertz CT molecular complexity index is 222. The highest BCUT2D eigenvalue weighted by Gasteiger charge is 2.10. The lowest BCUT2D eigenvalue weighted by Gasteiger charge is -2.19. The van der Waals surface area contributed by atoms with Gasteiger partial charge in [-0.1, -0.05) is 0 Å². The fourth-order valence-electron chi connectivity index (χ4n) is 1.10. The predicted molar refractivity (Wildman–Crippen MR) is 53.2 cm³/mol. The number of hydrogen-bond donors (Lipinski definition) is 3. The van der Waals surface area contributed by atoms with E-state index in [-0.39, 0.29) is 38.9 Å². The lowest BCUT2D eigenvalue weighted by atomic mass is 10.3. The van der Waals surface area contributed by atoms with Crippen LogP contribution in [0.3, 0.4) is 0 Å². The number of nitrogens with zero attached hydrogens (tertiary/aromatic N) is 1. The monoisotopic (exact) mass is 233 g/mol. The molecule has 92 valence electrons. The van der Waals surface area contributed by atoms with E-state index in [1.54, 1.807) is 0 Å². The first-order valence-electron chi connectivity index (χ1n) is 4.79. The molecule has 7 nitrogen and oxygen atoms in total. The minimum atomic E-state index is -0.990. The molecule has 0 bridgehead atoms. The third kappa shape index (κ3) is 8.95. The maximum atomic E-state index is 10.3. The van der Waals surface area contributed by atoms with Crippen LogP contribution in [0.4, 0.5) is 0 Å². The van der Waals surface area contributed by atoms with Crippen molar-refractivity contribution < 1.29 is 29.7 Å². The molecule has 0 fully saturated rings. The molecule has 0 heterocycles. The summed E-state index contributed by atoms with van der Waals surface area (Å²) in [5.74, 6) is -2.97. The second-order valence-corrected chi connectivity index (χ2v) is 3.27. The van der Waals surface area contributed by atoms with Crippen molar-refractivity contribution in [3.8, 4) is 0 Å². The van der Waals surface area contributed by atoms with Crippen molar-refractivity contribution in [2.75, 3.05) is 19.6 Å². The van der Waals surface area contributed by atoms with E-state index in [9.17, 15) is 14.4 Å². The van der Waals surface area contributed by atoms with Gasteiger partial charge in [0.25, 0.3) is 0 Å². The molecule has 0 aliphatic rings. The van der Waals surface area contributed by atoms with Gasteiger partial charge in [0.05, 0.1) is 19.3 Å². The fraction of sp³-hybridized carbons (Fsp3) is 0.667. The Morgan fingerprint density at radius 1 is 0.688 bits per heavy atom. The maximum absolute atomic E-state index is 10.3. The highest BCUT2D eigenvalue weighted by Crippen LogP contribution is 1.97. The maximum Gasteiger partial charge on any atom is 0.304 e. The fourth-order valence-corrected chi connectivity index (χ4v) is 1.10. The van der Waals surface area contributed by atoms with E-state index >= 15 is 0 Å². The third-order valence-corrected chi connectivity index (χ3v) is 1.93. The van der Waals surface area contributed by atoms with Crippen LogP contribution in [-0.2, 0) is 14.4 Å². The van der Waals surface area contributed by atoms with Crippen LogP contribution in [0.25, 0.3) is 0 Å². The normalized spacial score (nSPS) is 10.3. The van der Waals surface area contributed by atoms with Gasteiger partial charge in [0.15, 0.2) is 0 Å². The van der Waals surface area contributed by atoms with Gasteiger partial charge in [-0.25, -0.2) is 0 Å². The van der Waals surface area contributed by atoms with Crippen LogP contribution < -0.4 is 0 Å². The average molecular weight is 233 g/mol. The second-order valence-electron chi connectivity index (χ2n) is 3.27. The van der Waals surface area contributed by atoms with Gasteiger partial charge >= 0.3 is 17.9 Å². The van der Waals surface area contributed by atoms with E-state index in [4.69, 9.17) is 15.3 Å². The van der Waals surface area contributed by atoms with Crippen LogP contribution in [-0.4, -0.2) is 57.8 Å². The molecule has 0 aromatic carbocycles. The lowest BCUT2D eigenvalue weighted by Crippen LogP contribution is -2.31. The Labute approximate surface area is 92.3 Å². The van der Waals surface area contributed by atoms with Crippen molar-refractivity contribution in [3.05, 3.63) is 0 Å². The van der Waals surface area contributed by atoms with Crippen molar-refractivity contribution in [1.82, 2.24) is 4.90 Å². The molecule has 16 heavy (non-hydrogen) atoms. The van der Waals surface area contributed by atoms with E-state index in [1.807, 2.05) is 0 Å². The summed E-state index contributed by atoms with van der Waals surface area (Å²) in [6, 6.07) is 0. The van der Waals surface area contributed by atoms with Crippen LogP contribution in [0.2, 0.25) is 0 Å². The van der Waals surface area contributed by atoms with E-state index in [0.717, 1.165) is 0 Å². The SMILES string of the molecule is O=C(O)CCN(CCC(=O)O)CCC(=O)O. The highest BCUT2D eigenvalue weighted by atomic mass is 16.4. The van der Waals surface area contributed by atoms with Gasteiger partial charge in [0, 0.05) is 19.6 Å². The van der Waals surface area contributed by atoms with Crippen molar-refractivity contribution in [2.45, 2.75) is 19.3 Å². The first-order chi connectivity index (χ1) is 7.41. The summed E-state index contributed by atoms with van der Waals surface area (Å²) in [6.07, 6.45) is -0.377. The minimum absolute atomic E-state index is 0.126. The molecule has 0 saturated carbocycles. The van der Waals surface area contributed by atoms with Gasteiger partial charge < -0.3 is 20.2 Å². The number of rotatable bonds is 9. The summed E-state index contributed by atoms with van der Waals surface area (Å²) in [5.41, 5.74) is 0. The van der Waals surface area contributed by atoms with Gasteiger partial charge in [0.2, 0.25) is 0 Å². The molecule has 7 heteroatoms. The molecule has 0 saturated heterocycles. The molecule has 0 aromatic rings. The summed E-state index contributed by atoms with van der Waals surface area (Å²) < 4.78 is 0. The van der Waals surface area contributed by atoms with Crippen molar-refractivity contribution >= 4 is 17.9 Å². The van der Waals surface area contributed by atoms with Crippen LogP contribution in [0.15, 0.2) is 0 Å². The first kappa shape index (κ1) is 14.4. The number of aliphatic carboxylic acids is 3. The lowest BCUT2D eigenvalue weighted by molar-refractivity contribution is -0.137. The Morgan fingerprint density at radius 3 is 1.12 bits per heavy atom. The number of carbonyl (C=O) groups is 3. The van der Waals surface area contributed by atoms with Crippen LogP contribution in [0.5, 0.6) is 0 Å². The van der Waals surface area contributed by atoms with Crippen molar-refractivity contribution in [2.24, 2.45) is 0 Å². The molecule has 0 atom stereocenters. The molecular formula is C9H15NO6. The second kappa shape index (κ2) is 7.63. The summed E-state index contributed by atoms with van der Waals surface area (Å²) in [4.78, 5) is 32.5. The summed E-state index contributed by atoms with van der Waals surface area (Å²) >= 11 is 0. The van der Waals surface area contributed by atoms with Crippen molar-refractivity contribution in [3.63, 3.8) is 0 Å². The van der Waals surface area contributed by atoms with Gasteiger partial charge in [-0.05, 0) is 0 Å². The molecule has 0 amide bonds. The predicted octanol–water partition coefficient (Wildman–Crippen LogP) is -0.288. The molecule has 0 aliphatic heterocycles. The zero-order valence-electron chi connectivity index (χ0n) is 8.76. The largest absolute Gasteiger partial charge is 0.481 e. The standard InChI is InChI=1S/C9H15NO6/c11-7(12)1-4-10(5-2-8(13)14)6-3-9(15)16/h1-6H2,(H,11,12)(H,13,14)(H,15,16). The molecule has 0 unspecified atom stereocenters. The molecular weight excluding hydrogens is 218 g/mol. The van der Waals surface area contributed by atoms with Gasteiger partial charge in [-0.2, -0.15) is 0 Å². The van der Waals surface area contributed by atoms with Crippen LogP contribution in [0.1, 0.15) is 19.3 Å².